The minimum Gasteiger partial charge on any atom is -0.480 e. The Labute approximate surface area is 69.8 Å². The lowest BCUT2D eigenvalue weighted by atomic mass is 10.2. The van der Waals surface area contributed by atoms with Gasteiger partial charge in [-0.15, -0.1) is 0 Å². The van der Waals surface area contributed by atoms with Gasteiger partial charge in [-0.1, -0.05) is 0 Å². The Balaban J connectivity index is 2.21. The van der Waals surface area contributed by atoms with Crippen LogP contribution in [0.2, 0.25) is 0 Å². The Morgan fingerprint density at radius 1 is 1.67 bits per heavy atom. The summed E-state index contributed by atoms with van der Waals surface area (Å²) in [5, 5.41) is 12.8. The summed E-state index contributed by atoms with van der Waals surface area (Å²) in [4.78, 5) is 10.8. The second-order valence-electron chi connectivity index (χ2n) is 3.11. The third-order valence-electron chi connectivity index (χ3n) is 2.13. The molecule has 1 unspecified atom stereocenters. The number of carboxylic acids is 1. The lowest BCUT2D eigenvalue weighted by Gasteiger charge is -2.10. The Bertz CT molecular complexity index is 277. The van der Waals surface area contributed by atoms with Crippen LogP contribution in [0.5, 0.6) is 0 Å². The van der Waals surface area contributed by atoms with Crippen LogP contribution in [0.1, 0.15) is 18.9 Å². The van der Waals surface area contributed by atoms with Gasteiger partial charge in [0.1, 0.15) is 0 Å². The summed E-state index contributed by atoms with van der Waals surface area (Å²) in [5.74, 6) is -0.483. The van der Waals surface area contributed by atoms with E-state index in [0.29, 0.717) is 5.92 Å². The molecule has 4 heteroatoms. The lowest BCUT2D eigenvalue weighted by molar-refractivity contribution is -0.141. The van der Waals surface area contributed by atoms with Crippen LogP contribution >= 0.6 is 0 Å². The van der Waals surface area contributed by atoms with Gasteiger partial charge in [-0.3, -0.25) is 4.68 Å². The maximum Gasteiger partial charge on any atom is 0.328 e. The van der Waals surface area contributed by atoms with Gasteiger partial charge in [0.05, 0.1) is 0 Å². The molecule has 0 aromatic carbocycles. The Hall–Kier alpha value is -1.32. The van der Waals surface area contributed by atoms with E-state index in [-0.39, 0.29) is 0 Å². The molecule has 0 amide bonds. The van der Waals surface area contributed by atoms with Gasteiger partial charge < -0.3 is 5.11 Å². The summed E-state index contributed by atoms with van der Waals surface area (Å²) in [6.07, 6.45) is 5.34. The van der Waals surface area contributed by atoms with Gasteiger partial charge in [-0.05, 0) is 24.8 Å². The third-order valence-corrected chi connectivity index (χ3v) is 2.13. The minimum atomic E-state index is -0.777. The van der Waals surface area contributed by atoms with E-state index in [1.165, 1.54) is 4.68 Å². The first-order valence-corrected chi connectivity index (χ1v) is 4.01. The Kier molecular flexibility index (Phi) is 1.60. The molecule has 1 aliphatic rings. The molecule has 12 heavy (non-hydrogen) atoms. The molecule has 1 heterocycles. The quantitative estimate of drug-likeness (QED) is 0.726. The summed E-state index contributed by atoms with van der Waals surface area (Å²) in [7, 11) is 0. The summed E-state index contributed by atoms with van der Waals surface area (Å²) in [6, 6.07) is 1.30. The molecule has 1 aromatic rings. The molecule has 1 aromatic heterocycles. The fourth-order valence-electron chi connectivity index (χ4n) is 1.39. The van der Waals surface area contributed by atoms with Crippen LogP contribution in [0.25, 0.3) is 0 Å². The lowest BCUT2D eigenvalue weighted by Crippen LogP contribution is -2.21. The van der Waals surface area contributed by atoms with E-state index in [4.69, 9.17) is 5.11 Å². The van der Waals surface area contributed by atoms with Crippen LogP contribution < -0.4 is 0 Å². The monoisotopic (exact) mass is 166 g/mol. The predicted molar refractivity (Wildman–Crippen MR) is 41.6 cm³/mol. The highest BCUT2D eigenvalue weighted by atomic mass is 16.4. The number of aliphatic carboxylic acids is 1. The van der Waals surface area contributed by atoms with Gasteiger partial charge in [-0.2, -0.15) is 5.10 Å². The molecule has 0 spiro atoms. The zero-order valence-electron chi connectivity index (χ0n) is 6.55. The summed E-state index contributed by atoms with van der Waals surface area (Å²) >= 11 is 0. The maximum absolute atomic E-state index is 10.8. The van der Waals surface area contributed by atoms with Crippen molar-refractivity contribution < 1.29 is 9.90 Å². The smallest absolute Gasteiger partial charge is 0.328 e. The SMILES string of the molecule is O=C(O)C(C1CC1)n1cccn1. The zero-order valence-corrected chi connectivity index (χ0v) is 6.55. The molecule has 1 N–H and O–H groups in total. The molecule has 0 radical (unpaired) electrons. The van der Waals surface area contributed by atoms with Gasteiger partial charge in [0.2, 0.25) is 0 Å². The number of carboxylic acid groups (broad SMARTS) is 1. The summed E-state index contributed by atoms with van der Waals surface area (Å²) in [6.45, 7) is 0. The molecule has 1 aliphatic carbocycles. The van der Waals surface area contributed by atoms with Crippen molar-refractivity contribution in [3.05, 3.63) is 18.5 Å². The molecule has 4 nitrogen and oxygen atoms in total. The van der Waals surface area contributed by atoms with Gasteiger partial charge >= 0.3 is 5.97 Å². The largest absolute Gasteiger partial charge is 0.480 e. The molecule has 2 rings (SSSR count). The molecule has 0 saturated heterocycles. The highest BCUT2D eigenvalue weighted by Crippen LogP contribution is 2.39. The van der Waals surface area contributed by atoms with Crippen LogP contribution in [0.3, 0.4) is 0 Å². The van der Waals surface area contributed by atoms with Crippen molar-refractivity contribution in [1.29, 1.82) is 0 Å². The van der Waals surface area contributed by atoms with Gasteiger partial charge in [-0.25, -0.2) is 4.79 Å². The first kappa shape index (κ1) is 7.34. The fourth-order valence-corrected chi connectivity index (χ4v) is 1.39. The molecule has 64 valence electrons. The molecule has 0 aliphatic heterocycles. The number of carbonyl (C=O) groups is 1. The topological polar surface area (TPSA) is 55.1 Å². The first-order valence-electron chi connectivity index (χ1n) is 4.01. The number of aromatic nitrogens is 2. The van der Waals surface area contributed by atoms with Gasteiger partial charge in [0, 0.05) is 12.4 Å². The van der Waals surface area contributed by atoms with E-state index in [2.05, 4.69) is 5.10 Å². The van der Waals surface area contributed by atoms with Crippen LogP contribution in [-0.2, 0) is 4.79 Å². The van der Waals surface area contributed by atoms with Crippen molar-refractivity contribution in [1.82, 2.24) is 9.78 Å². The minimum absolute atomic E-state index is 0.294. The molecule has 0 bridgehead atoms. The van der Waals surface area contributed by atoms with Gasteiger partial charge in [0.15, 0.2) is 6.04 Å². The second kappa shape index (κ2) is 2.62. The van der Waals surface area contributed by atoms with E-state index < -0.39 is 12.0 Å². The molecule has 1 fully saturated rings. The number of nitrogens with zero attached hydrogens (tertiary/aromatic N) is 2. The van der Waals surface area contributed by atoms with E-state index in [0.717, 1.165) is 12.8 Å². The third kappa shape index (κ3) is 1.20. The highest BCUT2D eigenvalue weighted by molar-refractivity contribution is 5.72. The van der Waals surface area contributed by atoms with Crippen molar-refractivity contribution in [2.24, 2.45) is 5.92 Å². The van der Waals surface area contributed by atoms with Crippen molar-refractivity contribution in [3.8, 4) is 0 Å². The van der Waals surface area contributed by atoms with Crippen LogP contribution in [0.4, 0.5) is 0 Å². The maximum atomic E-state index is 10.8. The second-order valence-corrected chi connectivity index (χ2v) is 3.11. The molecule has 1 saturated carbocycles. The van der Waals surface area contributed by atoms with Crippen molar-refractivity contribution >= 4 is 5.97 Å². The van der Waals surface area contributed by atoms with Crippen LogP contribution in [0.15, 0.2) is 18.5 Å². The number of rotatable bonds is 3. The average molecular weight is 166 g/mol. The van der Waals surface area contributed by atoms with Crippen molar-refractivity contribution in [3.63, 3.8) is 0 Å². The molecule has 1 atom stereocenters. The van der Waals surface area contributed by atoms with E-state index in [9.17, 15) is 4.79 Å². The van der Waals surface area contributed by atoms with Crippen molar-refractivity contribution in [2.45, 2.75) is 18.9 Å². The normalized spacial score (nSPS) is 19.0. The Morgan fingerprint density at radius 2 is 2.42 bits per heavy atom. The summed E-state index contributed by atoms with van der Waals surface area (Å²) in [5.41, 5.74) is 0. The highest BCUT2D eigenvalue weighted by Gasteiger charge is 2.37. The zero-order chi connectivity index (χ0) is 8.55. The Morgan fingerprint density at radius 3 is 2.83 bits per heavy atom. The first-order chi connectivity index (χ1) is 5.79. The number of hydrogen-bond donors (Lipinski definition) is 1. The van der Waals surface area contributed by atoms with Crippen molar-refractivity contribution in [2.75, 3.05) is 0 Å². The van der Waals surface area contributed by atoms with Crippen LogP contribution in [-0.4, -0.2) is 20.9 Å². The van der Waals surface area contributed by atoms with E-state index in [1.807, 2.05) is 0 Å². The predicted octanol–water partition coefficient (Wildman–Crippen LogP) is 0.919. The molecular formula is C8H10N2O2. The number of hydrogen-bond acceptors (Lipinski definition) is 2. The molecular weight excluding hydrogens is 156 g/mol. The van der Waals surface area contributed by atoms with E-state index in [1.54, 1.807) is 18.5 Å². The average Bonchev–Trinajstić information content (AvgIpc) is 2.65. The summed E-state index contributed by atoms with van der Waals surface area (Å²) < 4.78 is 1.53. The van der Waals surface area contributed by atoms with Gasteiger partial charge in [0.25, 0.3) is 0 Å². The van der Waals surface area contributed by atoms with Crippen LogP contribution in [0, 0.1) is 5.92 Å². The van der Waals surface area contributed by atoms with E-state index >= 15 is 0 Å². The standard InChI is InChI=1S/C8H10N2O2/c11-8(12)7(6-2-3-6)10-5-1-4-9-10/h1,4-7H,2-3H2,(H,11,12). The fraction of sp³-hybridized carbons (Fsp3) is 0.500.